The molecule has 1 aliphatic heterocycles. The van der Waals surface area contributed by atoms with E-state index < -0.39 is 0 Å². The molecule has 0 fully saturated rings. The van der Waals surface area contributed by atoms with Crippen LogP contribution in [0.2, 0.25) is 0 Å². The first-order chi connectivity index (χ1) is 5.00. The van der Waals surface area contributed by atoms with Crippen LogP contribution in [0.25, 0.3) is 0 Å². The van der Waals surface area contributed by atoms with Gasteiger partial charge >= 0.3 is 0 Å². The average molecular weight is 151 g/mol. The van der Waals surface area contributed by atoms with Crippen molar-refractivity contribution in [3.8, 4) is 0 Å². The summed E-state index contributed by atoms with van der Waals surface area (Å²) in [5.74, 6) is 0.0954. The van der Waals surface area contributed by atoms with Crippen molar-refractivity contribution in [1.29, 1.82) is 0 Å². The van der Waals surface area contributed by atoms with Crippen LogP contribution in [0.1, 0.15) is 20.8 Å². The minimum Gasteiger partial charge on any atom is -0.293 e. The van der Waals surface area contributed by atoms with E-state index in [1.165, 1.54) is 0 Å². The number of rotatable bonds is 0. The van der Waals surface area contributed by atoms with E-state index in [4.69, 9.17) is 0 Å². The molecule has 0 aromatic rings. The molecule has 0 saturated carbocycles. The second-order valence-electron chi connectivity index (χ2n) is 3.75. The Bertz CT molecular complexity index is 230. The van der Waals surface area contributed by atoms with Gasteiger partial charge in [-0.2, -0.15) is 0 Å². The van der Waals surface area contributed by atoms with Crippen molar-refractivity contribution < 1.29 is 4.79 Å². The normalized spacial score (nSPS) is 18.5. The second kappa shape index (κ2) is 2.61. The minimum atomic E-state index is 0.0667. The Morgan fingerprint density at radius 2 is 2.00 bits per heavy atom. The average Bonchev–Trinajstić information content (AvgIpc) is 1.86. The molecule has 0 radical (unpaired) electrons. The molecule has 0 amide bonds. The molecule has 0 aromatic carbocycles. The van der Waals surface area contributed by atoms with Crippen LogP contribution in [-0.2, 0) is 4.79 Å². The van der Waals surface area contributed by atoms with Crippen molar-refractivity contribution >= 4 is 11.5 Å². The molecule has 1 rings (SSSR count). The lowest BCUT2D eigenvalue weighted by Gasteiger charge is -2.20. The first kappa shape index (κ1) is 8.18. The molecular formula is C9H13NO. The molecule has 2 nitrogen and oxygen atoms in total. The monoisotopic (exact) mass is 151 g/mol. The maximum atomic E-state index is 10.7. The molecule has 0 aromatic heterocycles. The smallest absolute Gasteiger partial charge is 0.177 e. The quantitative estimate of drug-likeness (QED) is 0.517. The minimum absolute atomic E-state index is 0.0667. The summed E-state index contributed by atoms with van der Waals surface area (Å²) in [6.07, 6.45) is 3.42. The zero-order chi connectivity index (χ0) is 8.48. The molecule has 0 N–H and O–H groups in total. The van der Waals surface area contributed by atoms with Crippen LogP contribution in [0.3, 0.4) is 0 Å². The van der Waals surface area contributed by atoms with E-state index in [1.54, 1.807) is 6.08 Å². The number of aliphatic imine (C=N–C) groups is 1. The number of nitrogens with zero attached hydrogens (tertiary/aromatic N) is 1. The van der Waals surface area contributed by atoms with Crippen molar-refractivity contribution in [2.24, 2.45) is 10.4 Å². The standard InChI is InChI=1S/C9H13NO/c1-9(2,3)8-5-4-7(11)6-10-8/h4-5H,6H2,1-3H3. The Hall–Kier alpha value is -0.920. The highest BCUT2D eigenvalue weighted by Crippen LogP contribution is 2.18. The SMILES string of the molecule is CC(C)(C)C1=NCC(=O)C=C1. The van der Waals surface area contributed by atoms with Gasteiger partial charge < -0.3 is 0 Å². The Morgan fingerprint density at radius 1 is 1.36 bits per heavy atom. The summed E-state index contributed by atoms with van der Waals surface area (Å²) >= 11 is 0. The fourth-order valence-corrected chi connectivity index (χ4v) is 0.928. The van der Waals surface area contributed by atoms with E-state index in [0.29, 0.717) is 6.54 Å². The molecule has 0 saturated heterocycles. The zero-order valence-electron chi connectivity index (χ0n) is 7.22. The summed E-state index contributed by atoms with van der Waals surface area (Å²) in [7, 11) is 0. The van der Waals surface area contributed by atoms with Crippen molar-refractivity contribution in [3.63, 3.8) is 0 Å². The number of allylic oxidation sites excluding steroid dienone is 1. The largest absolute Gasteiger partial charge is 0.293 e. The summed E-state index contributed by atoms with van der Waals surface area (Å²) in [5.41, 5.74) is 1.08. The predicted octanol–water partition coefficient (Wildman–Crippen LogP) is 1.61. The maximum Gasteiger partial charge on any atom is 0.177 e. The van der Waals surface area contributed by atoms with Crippen LogP contribution in [0.4, 0.5) is 0 Å². The number of carbonyl (C=O) groups excluding carboxylic acids is 1. The molecule has 0 spiro atoms. The van der Waals surface area contributed by atoms with Crippen molar-refractivity contribution in [2.75, 3.05) is 6.54 Å². The van der Waals surface area contributed by atoms with E-state index in [2.05, 4.69) is 25.8 Å². The molecule has 60 valence electrons. The van der Waals surface area contributed by atoms with Crippen LogP contribution >= 0.6 is 0 Å². The van der Waals surface area contributed by atoms with Gasteiger partial charge in [0.2, 0.25) is 0 Å². The van der Waals surface area contributed by atoms with Crippen molar-refractivity contribution in [3.05, 3.63) is 12.2 Å². The number of dihydropyridines is 1. The molecule has 0 bridgehead atoms. The first-order valence-corrected chi connectivity index (χ1v) is 3.76. The molecule has 1 heterocycles. The molecule has 1 aliphatic rings. The van der Waals surface area contributed by atoms with Crippen LogP contribution in [0.5, 0.6) is 0 Å². The highest BCUT2D eigenvalue weighted by atomic mass is 16.1. The topological polar surface area (TPSA) is 29.4 Å². The van der Waals surface area contributed by atoms with Crippen molar-refractivity contribution in [2.45, 2.75) is 20.8 Å². The van der Waals surface area contributed by atoms with Crippen LogP contribution < -0.4 is 0 Å². The summed E-state index contributed by atoms with van der Waals surface area (Å²) in [4.78, 5) is 14.9. The number of ketones is 1. The van der Waals surface area contributed by atoms with Gasteiger partial charge in [-0.3, -0.25) is 9.79 Å². The number of hydrogen-bond donors (Lipinski definition) is 0. The Kier molecular flexibility index (Phi) is 1.94. The molecular weight excluding hydrogens is 138 g/mol. The van der Waals surface area contributed by atoms with Gasteiger partial charge in [0.1, 0.15) is 6.54 Å². The second-order valence-corrected chi connectivity index (χ2v) is 3.75. The van der Waals surface area contributed by atoms with E-state index in [1.807, 2.05) is 6.08 Å². The Morgan fingerprint density at radius 3 is 2.36 bits per heavy atom. The third-order valence-electron chi connectivity index (χ3n) is 1.60. The van der Waals surface area contributed by atoms with Crippen LogP contribution in [-0.4, -0.2) is 18.0 Å². The molecule has 2 heteroatoms. The predicted molar refractivity (Wildman–Crippen MR) is 45.9 cm³/mol. The van der Waals surface area contributed by atoms with Crippen LogP contribution in [0, 0.1) is 5.41 Å². The highest BCUT2D eigenvalue weighted by molar-refractivity contribution is 6.08. The fourth-order valence-electron chi connectivity index (χ4n) is 0.928. The molecule has 0 aliphatic carbocycles. The lowest BCUT2D eigenvalue weighted by Crippen LogP contribution is -2.22. The fraction of sp³-hybridized carbons (Fsp3) is 0.556. The Balaban J connectivity index is 2.79. The Labute approximate surface area is 67.0 Å². The summed E-state index contributed by atoms with van der Waals surface area (Å²) in [6.45, 7) is 6.59. The van der Waals surface area contributed by atoms with E-state index in [0.717, 1.165) is 5.71 Å². The van der Waals surface area contributed by atoms with Crippen molar-refractivity contribution in [1.82, 2.24) is 0 Å². The summed E-state index contributed by atoms with van der Waals surface area (Å²) < 4.78 is 0. The van der Waals surface area contributed by atoms with Gasteiger partial charge in [-0.1, -0.05) is 20.8 Å². The van der Waals surface area contributed by atoms with Gasteiger partial charge in [0.05, 0.1) is 0 Å². The lowest BCUT2D eigenvalue weighted by molar-refractivity contribution is -0.113. The van der Waals surface area contributed by atoms with Gasteiger partial charge in [0, 0.05) is 11.1 Å². The van der Waals surface area contributed by atoms with Gasteiger partial charge in [0.25, 0.3) is 0 Å². The number of hydrogen-bond acceptors (Lipinski definition) is 2. The third kappa shape index (κ3) is 2.00. The first-order valence-electron chi connectivity index (χ1n) is 3.76. The van der Waals surface area contributed by atoms with E-state index >= 15 is 0 Å². The maximum absolute atomic E-state index is 10.7. The summed E-state index contributed by atoms with van der Waals surface area (Å²) in [6, 6.07) is 0. The van der Waals surface area contributed by atoms with Gasteiger partial charge in [-0.05, 0) is 12.2 Å². The molecule has 11 heavy (non-hydrogen) atoms. The van der Waals surface area contributed by atoms with E-state index in [-0.39, 0.29) is 11.2 Å². The molecule has 0 unspecified atom stereocenters. The molecule has 0 atom stereocenters. The van der Waals surface area contributed by atoms with Gasteiger partial charge in [-0.25, -0.2) is 0 Å². The number of carbonyl (C=O) groups is 1. The third-order valence-corrected chi connectivity index (χ3v) is 1.60. The van der Waals surface area contributed by atoms with Crippen LogP contribution in [0.15, 0.2) is 17.1 Å². The van der Waals surface area contributed by atoms with E-state index in [9.17, 15) is 4.79 Å². The lowest BCUT2D eigenvalue weighted by atomic mass is 9.88. The highest BCUT2D eigenvalue weighted by Gasteiger charge is 2.18. The summed E-state index contributed by atoms with van der Waals surface area (Å²) in [5, 5.41) is 0. The zero-order valence-corrected chi connectivity index (χ0v) is 7.22. The van der Waals surface area contributed by atoms with Gasteiger partial charge in [0.15, 0.2) is 5.78 Å². The van der Waals surface area contributed by atoms with Gasteiger partial charge in [-0.15, -0.1) is 0 Å².